The van der Waals surface area contributed by atoms with Crippen molar-refractivity contribution in [1.29, 1.82) is 0 Å². The summed E-state index contributed by atoms with van der Waals surface area (Å²) in [5.74, 6) is 1.78. The highest BCUT2D eigenvalue weighted by Crippen LogP contribution is 2.45. The van der Waals surface area contributed by atoms with Gasteiger partial charge in [0, 0.05) is 0 Å². The van der Waals surface area contributed by atoms with Gasteiger partial charge in [0.25, 0.3) is 0 Å². The molecule has 12 heavy (non-hydrogen) atoms. The van der Waals surface area contributed by atoms with Crippen LogP contribution in [0, 0.1) is 11.8 Å². The van der Waals surface area contributed by atoms with Gasteiger partial charge in [0.05, 0.1) is 12.2 Å². The smallest absolute Gasteiger partial charge is 0.0611 e. The Balaban J connectivity index is 1.74. The second kappa shape index (κ2) is 3.35. The molecule has 2 aliphatic rings. The number of rotatable bonds is 3. The fourth-order valence-electron chi connectivity index (χ4n) is 2.37. The maximum absolute atomic E-state index is 5.83. The molecular formula is C10H19NO. The van der Waals surface area contributed by atoms with E-state index in [-0.39, 0.29) is 0 Å². The van der Waals surface area contributed by atoms with Crippen LogP contribution in [-0.2, 0) is 4.74 Å². The molecule has 0 amide bonds. The van der Waals surface area contributed by atoms with E-state index in [2.05, 4.69) is 12.2 Å². The monoisotopic (exact) mass is 169 g/mol. The van der Waals surface area contributed by atoms with E-state index in [1.807, 2.05) is 7.05 Å². The molecule has 2 heteroatoms. The molecule has 2 nitrogen and oxygen atoms in total. The fraction of sp³-hybridized carbons (Fsp3) is 1.00. The zero-order valence-corrected chi connectivity index (χ0v) is 8.05. The topological polar surface area (TPSA) is 21.3 Å². The molecule has 1 aliphatic heterocycles. The Morgan fingerprint density at radius 1 is 1.42 bits per heavy atom. The van der Waals surface area contributed by atoms with Gasteiger partial charge in [-0.05, 0) is 51.6 Å². The Morgan fingerprint density at radius 3 is 2.83 bits per heavy atom. The molecule has 4 atom stereocenters. The van der Waals surface area contributed by atoms with Gasteiger partial charge in [-0.1, -0.05) is 0 Å². The minimum atomic E-state index is 0.519. The van der Waals surface area contributed by atoms with Gasteiger partial charge in [-0.3, -0.25) is 0 Å². The molecule has 1 heterocycles. The first kappa shape index (κ1) is 8.52. The van der Waals surface area contributed by atoms with Gasteiger partial charge in [0.2, 0.25) is 0 Å². The molecule has 1 aliphatic carbocycles. The summed E-state index contributed by atoms with van der Waals surface area (Å²) in [5, 5.41) is 3.24. The summed E-state index contributed by atoms with van der Waals surface area (Å²) in [5.41, 5.74) is 0. The van der Waals surface area contributed by atoms with Crippen molar-refractivity contribution < 1.29 is 4.74 Å². The van der Waals surface area contributed by atoms with Gasteiger partial charge in [0.1, 0.15) is 0 Å². The Kier molecular flexibility index (Phi) is 2.37. The van der Waals surface area contributed by atoms with E-state index in [1.165, 1.54) is 25.8 Å². The highest BCUT2D eigenvalue weighted by Gasteiger charge is 2.44. The standard InChI is InChI=1S/C10H19NO/c1-7-3-4-10(12-7)9-5-8(9)6-11-2/h7-11H,3-6H2,1-2H3. The first-order valence-corrected chi connectivity index (χ1v) is 5.11. The molecule has 0 aromatic rings. The number of ether oxygens (including phenoxy) is 1. The Hall–Kier alpha value is -0.0800. The lowest BCUT2D eigenvalue weighted by molar-refractivity contribution is 0.0397. The largest absolute Gasteiger partial charge is 0.375 e. The van der Waals surface area contributed by atoms with E-state index in [1.54, 1.807) is 0 Å². The normalized spacial score (nSPS) is 46.5. The maximum Gasteiger partial charge on any atom is 0.0611 e. The van der Waals surface area contributed by atoms with E-state index in [4.69, 9.17) is 4.74 Å². The van der Waals surface area contributed by atoms with Crippen LogP contribution in [0.25, 0.3) is 0 Å². The molecular weight excluding hydrogens is 150 g/mol. The molecule has 1 saturated heterocycles. The zero-order valence-electron chi connectivity index (χ0n) is 8.05. The van der Waals surface area contributed by atoms with Crippen molar-refractivity contribution in [2.24, 2.45) is 11.8 Å². The van der Waals surface area contributed by atoms with Crippen LogP contribution in [0.5, 0.6) is 0 Å². The van der Waals surface area contributed by atoms with Crippen LogP contribution < -0.4 is 5.32 Å². The van der Waals surface area contributed by atoms with E-state index in [9.17, 15) is 0 Å². The summed E-state index contributed by atoms with van der Waals surface area (Å²) in [6.45, 7) is 3.37. The van der Waals surface area contributed by atoms with Crippen molar-refractivity contribution in [1.82, 2.24) is 5.32 Å². The minimum Gasteiger partial charge on any atom is -0.375 e. The third-order valence-electron chi connectivity index (χ3n) is 3.19. The third kappa shape index (κ3) is 1.64. The first-order chi connectivity index (χ1) is 5.81. The molecule has 0 aromatic carbocycles. The quantitative estimate of drug-likeness (QED) is 0.689. The van der Waals surface area contributed by atoms with Crippen LogP contribution in [-0.4, -0.2) is 25.8 Å². The fourth-order valence-corrected chi connectivity index (χ4v) is 2.37. The highest BCUT2D eigenvalue weighted by atomic mass is 16.5. The molecule has 0 spiro atoms. The molecule has 4 unspecified atom stereocenters. The molecule has 2 rings (SSSR count). The molecule has 1 saturated carbocycles. The summed E-state index contributed by atoms with van der Waals surface area (Å²) < 4.78 is 5.83. The average Bonchev–Trinajstić information content (AvgIpc) is 2.67. The lowest BCUT2D eigenvalue weighted by atomic mass is 10.1. The SMILES string of the molecule is CNCC1CC1C1CCC(C)O1. The Bertz CT molecular complexity index is 160. The Labute approximate surface area is 74.7 Å². The van der Waals surface area contributed by atoms with E-state index in [0.29, 0.717) is 12.2 Å². The lowest BCUT2D eigenvalue weighted by Crippen LogP contribution is -2.16. The molecule has 70 valence electrons. The van der Waals surface area contributed by atoms with Gasteiger partial charge >= 0.3 is 0 Å². The summed E-state index contributed by atoms with van der Waals surface area (Å²) in [7, 11) is 2.04. The highest BCUT2D eigenvalue weighted by molar-refractivity contribution is 4.95. The van der Waals surface area contributed by atoms with Crippen molar-refractivity contribution in [3.8, 4) is 0 Å². The first-order valence-electron chi connectivity index (χ1n) is 5.11. The average molecular weight is 169 g/mol. The number of hydrogen-bond donors (Lipinski definition) is 1. The van der Waals surface area contributed by atoms with E-state index < -0.39 is 0 Å². The predicted molar refractivity (Wildman–Crippen MR) is 49.1 cm³/mol. The predicted octanol–water partition coefficient (Wildman–Crippen LogP) is 1.41. The molecule has 0 aromatic heterocycles. The van der Waals surface area contributed by atoms with Crippen LogP contribution in [0.1, 0.15) is 26.2 Å². The third-order valence-corrected chi connectivity index (χ3v) is 3.19. The van der Waals surface area contributed by atoms with Gasteiger partial charge in [-0.15, -0.1) is 0 Å². The van der Waals surface area contributed by atoms with Crippen LogP contribution in [0.4, 0.5) is 0 Å². The van der Waals surface area contributed by atoms with Crippen LogP contribution in [0.15, 0.2) is 0 Å². The summed E-state index contributed by atoms with van der Waals surface area (Å²) >= 11 is 0. The van der Waals surface area contributed by atoms with E-state index >= 15 is 0 Å². The van der Waals surface area contributed by atoms with Gasteiger partial charge in [-0.25, -0.2) is 0 Å². The molecule has 0 radical (unpaired) electrons. The van der Waals surface area contributed by atoms with Crippen LogP contribution in [0.2, 0.25) is 0 Å². The molecule has 1 N–H and O–H groups in total. The van der Waals surface area contributed by atoms with E-state index in [0.717, 1.165) is 11.8 Å². The van der Waals surface area contributed by atoms with Crippen molar-refractivity contribution >= 4 is 0 Å². The minimum absolute atomic E-state index is 0.519. The van der Waals surface area contributed by atoms with Gasteiger partial charge < -0.3 is 10.1 Å². The van der Waals surface area contributed by atoms with Crippen molar-refractivity contribution in [3.63, 3.8) is 0 Å². The summed E-state index contributed by atoms with van der Waals surface area (Å²) in [6, 6.07) is 0. The number of hydrogen-bond acceptors (Lipinski definition) is 2. The summed E-state index contributed by atoms with van der Waals surface area (Å²) in [4.78, 5) is 0. The molecule has 2 fully saturated rings. The summed E-state index contributed by atoms with van der Waals surface area (Å²) in [6.07, 6.45) is 5.07. The van der Waals surface area contributed by atoms with Crippen molar-refractivity contribution in [2.45, 2.75) is 38.4 Å². The molecule has 0 bridgehead atoms. The Morgan fingerprint density at radius 2 is 2.25 bits per heavy atom. The van der Waals surface area contributed by atoms with Crippen LogP contribution >= 0.6 is 0 Å². The lowest BCUT2D eigenvalue weighted by Gasteiger charge is -2.10. The maximum atomic E-state index is 5.83. The van der Waals surface area contributed by atoms with Gasteiger partial charge in [0.15, 0.2) is 0 Å². The van der Waals surface area contributed by atoms with Gasteiger partial charge in [-0.2, -0.15) is 0 Å². The second-order valence-corrected chi connectivity index (χ2v) is 4.28. The van der Waals surface area contributed by atoms with Crippen LogP contribution in [0.3, 0.4) is 0 Å². The van der Waals surface area contributed by atoms with Crippen molar-refractivity contribution in [3.05, 3.63) is 0 Å². The van der Waals surface area contributed by atoms with Crippen molar-refractivity contribution in [2.75, 3.05) is 13.6 Å². The zero-order chi connectivity index (χ0) is 8.55. The second-order valence-electron chi connectivity index (χ2n) is 4.28. The number of nitrogens with one attached hydrogen (secondary N) is 1.